The quantitative estimate of drug-likeness (QED) is 0.929. The average Bonchev–Trinajstić information content (AvgIpc) is 2.59. The Morgan fingerprint density at radius 2 is 1.94 bits per heavy atom. The third kappa shape index (κ3) is 2.69. The topological polar surface area (TPSA) is 50.9 Å². The Kier molecular flexibility index (Phi) is 3.73. The summed E-state index contributed by atoms with van der Waals surface area (Å²) in [5, 5.41) is 14.1. The van der Waals surface area contributed by atoms with Crippen LogP contribution in [0, 0.1) is 0 Å². The molecule has 0 aliphatic rings. The molecule has 6 heteroatoms. The third-order valence-electron chi connectivity index (χ3n) is 2.13. The van der Waals surface area contributed by atoms with E-state index < -0.39 is 6.10 Å². The molecule has 0 amide bonds. The van der Waals surface area contributed by atoms with Gasteiger partial charge in [0.2, 0.25) is 4.73 Å². The van der Waals surface area contributed by atoms with Crippen LogP contribution in [0.3, 0.4) is 0 Å². The molecule has 1 heterocycles. The van der Waals surface area contributed by atoms with E-state index in [1.165, 1.54) is 0 Å². The lowest BCUT2D eigenvalue weighted by atomic mass is 10.1. The van der Waals surface area contributed by atoms with Crippen molar-refractivity contribution in [1.29, 1.82) is 0 Å². The van der Waals surface area contributed by atoms with Crippen molar-refractivity contribution in [2.45, 2.75) is 12.6 Å². The molecule has 0 aliphatic carbocycles. The Morgan fingerprint density at radius 1 is 1.25 bits per heavy atom. The molecule has 0 radical (unpaired) electrons. The number of halogens is 2. The molecular formula is C10H9Br2N3O. The highest BCUT2D eigenvalue weighted by Gasteiger charge is 2.12. The van der Waals surface area contributed by atoms with E-state index in [0.29, 0.717) is 16.0 Å². The Hall–Kier alpha value is -0.720. The van der Waals surface area contributed by atoms with Gasteiger partial charge in [-0.05, 0) is 37.4 Å². The summed E-state index contributed by atoms with van der Waals surface area (Å²) >= 11 is 6.44. The van der Waals surface area contributed by atoms with Gasteiger partial charge in [0.25, 0.3) is 0 Å². The Labute approximate surface area is 110 Å². The zero-order chi connectivity index (χ0) is 11.5. The molecule has 2 aromatic rings. The number of hydrogen-bond acceptors (Lipinski definition) is 3. The van der Waals surface area contributed by atoms with Crippen LogP contribution >= 0.6 is 31.9 Å². The van der Waals surface area contributed by atoms with Crippen LogP contribution in [0.25, 0.3) is 0 Å². The largest absolute Gasteiger partial charge is 0.386 e. The molecule has 1 N–H and O–H groups in total. The van der Waals surface area contributed by atoms with Crippen molar-refractivity contribution in [1.82, 2.24) is 14.8 Å². The van der Waals surface area contributed by atoms with Crippen LogP contribution in [0.4, 0.5) is 0 Å². The van der Waals surface area contributed by atoms with E-state index in [0.717, 1.165) is 5.56 Å². The fraction of sp³-hybridized carbons (Fsp3) is 0.200. The maximum absolute atomic E-state index is 9.98. The lowest BCUT2D eigenvalue weighted by Crippen LogP contribution is -2.10. The second-order valence-electron chi connectivity index (χ2n) is 3.26. The summed E-state index contributed by atoms with van der Waals surface area (Å²) < 4.78 is 2.69. The fourth-order valence-electron chi connectivity index (χ4n) is 1.36. The average molecular weight is 347 g/mol. The van der Waals surface area contributed by atoms with Crippen molar-refractivity contribution in [2.24, 2.45) is 0 Å². The molecular weight excluding hydrogens is 338 g/mol. The van der Waals surface area contributed by atoms with E-state index in [1.54, 1.807) is 4.68 Å². The van der Waals surface area contributed by atoms with Gasteiger partial charge in [0.1, 0.15) is 0 Å². The summed E-state index contributed by atoms with van der Waals surface area (Å²) in [6.45, 7) is 0.364. The number of rotatable bonds is 3. The molecule has 0 aliphatic heterocycles. The van der Waals surface area contributed by atoms with Gasteiger partial charge in [-0.3, -0.25) is 0 Å². The van der Waals surface area contributed by atoms with Crippen LogP contribution in [-0.4, -0.2) is 19.9 Å². The molecule has 84 valence electrons. The van der Waals surface area contributed by atoms with Crippen LogP contribution in [0.1, 0.15) is 11.7 Å². The molecule has 4 nitrogen and oxygen atoms in total. The molecule has 1 aromatic heterocycles. The minimum atomic E-state index is -0.592. The van der Waals surface area contributed by atoms with Crippen LogP contribution in [0.5, 0.6) is 0 Å². The maximum Gasteiger partial charge on any atom is 0.218 e. The summed E-state index contributed by atoms with van der Waals surface area (Å²) in [7, 11) is 0. The van der Waals surface area contributed by atoms with Gasteiger partial charge in [-0.15, -0.1) is 5.10 Å². The minimum absolute atomic E-state index is 0.364. The summed E-state index contributed by atoms with van der Waals surface area (Å²) in [4.78, 5) is 4.03. The summed E-state index contributed by atoms with van der Waals surface area (Å²) in [5.74, 6) is 0. The minimum Gasteiger partial charge on any atom is -0.386 e. The standard InChI is InChI=1S/C10H9Br2N3O/c11-9-13-10(12)15(14-9)6-8(16)7-4-2-1-3-5-7/h1-5,8,16H,6H2. The molecule has 0 saturated heterocycles. The predicted octanol–water partition coefficient (Wildman–Crippen LogP) is 2.54. The van der Waals surface area contributed by atoms with Gasteiger partial charge >= 0.3 is 0 Å². The zero-order valence-electron chi connectivity index (χ0n) is 8.22. The number of aromatic nitrogens is 3. The highest BCUT2D eigenvalue weighted by Crippen LogP contribution is 2.18. The summed E-state index contributed by atoms with van der Waals surface area (Å²) in [5.41, 5.74) is 0.862. The first-order valence-electron chi connectivity index (χ1n) is 4.65. The van der Waals surface area contributed by atoms with Crippen molar-refractivity contribution in [3.05, 3.63) is 45.4 Å². The van der Waals surface area contributed by atoms with Crippen molar-refractivity contribution in [3.63, 3.8) is 0 Å². The number of aliphatic hydroxyl groups excluding tert-OH is 1. The van der Waals surface area contributed by atoms with Crippen molar-refractivity contribution in [2.75, 3.05) is 0 Å². The Morgan fingerprint density at radius 3 is 2.50 bits per heavy atom. The van der Waals surface area contributed by atoms with Gasteiger partial charge in [-0.1, -0.05) is 30.3 Å². The van der Waals surface area contributed by atoms with Crippen LogP contribution in [-0.2, 0) is 6.54 Å². The van der Waals surface area contributed by atoms with Crippen molar-refractivity contribution in [3.8, 4) is 0 Å². The monoisotopic (exact) mass is 345 g/mol. The Balaban J connectivity index is 2.14. The van der Waals surface area contributed by atoms with E-state index in [4.69, 9.17) is 0 Å². The molecule has 0 spiro atoms. The smallest absolute Gasteiger partial charge is 0.218 e. The molecule has 1 aromatic carbocycles. The van der Waals surface area contributed by atoms with E-state index in [9.17, 15) is 5.11 Å². The lowest BCUT2D eigenvalue weighted by molar-refractivity contribution is 0.150. The predicted molar refractivity (Wildman–Crippen MR) is 66.8 cm³/mol. The SMILES string of the molecule is OC(Cn1nc(Br)nc1Br)c1ccccc1. The lowest BCUT2D eigenvalue weighted by Gasteiger charge is -2.10. The number of nitrogens with zero attached hydrogens (tertiary/aromatic N) is 3. The Bertz CT molecular complexity index is 472. The maximum atomic E-state index is 9.98. The zero-order valence-corrected chi connectivity index (χ0v) is 11.4. The van der Waals surface area contributed by atoms with Crippen molar-refractivity contribution < 1.29 is 5.11 Å². The van der Waals surface area contributed by atoms with Crippen LogP contribution < -0.4 is 0 Å². The first-order chi connectivity index (χ1) is 7.66. The molecule has 16 heavy (non-hydrogen) atoms. The summed E-state index contributed by atoms with van der Waals surface area (Å²) in [6.07, 6.45) is -0.592. The third-order valence-corrected chi connectivity index (χ3v) is 3.05. The number of aliphatic hydroxyl groups is 1. The van der Waals surface area contributed by atoms with Gasteiger partial charge in [0.05, 0.1) is 12.6 Å². The molecule has 1 atom stereocenters. The second kappa shape index (κ2) is 5.07. The highest BCUT2D eigenvalue weighted by molar-refractivity contribution is 9.11. The van der Waals surface area contributed by atoms with Gasteiger partial charge in [0, 0.05) is 0 Å². The summed E-state index contributed by atoms with van der Waals surface area (Å²) in [6, 6.07) is 9.46. The number of benzene rings is 1. The van der Waals surface area contributed by atoms with E-state index in [-0.39, 0.29) is 0 Å². The molecule has 0 saturated carbocycles. The molecule has 2 rings (SSSR count). The van der Waals surface area contributed by atoms with E-state index in [2.05, 4.69) is 41.9 Å². The first-order valence-corrected chi connectivity index (χ1v) is 6.24. The first kappa shape index (κ1) is 11.8. The van der Waals surface area contributed by atoms with Crippen molar-refractivity contribution >= 4 is 31.9 Å². The molecule has 1 unspecified atom stereocenters. The van der Waals surface area contributed by atoms with Crippen LogP contribution in [0.15, 0.2) is 39.8 Å². The number of hydrogen-bond donors (Lipinski definition) is 1. The van der Waals surface area contributed by atoms with E-state index in [1.807, 2.05) is 30.3 Å². The molecule has 0 bridgehead atoms. The van der Waals surface area contributed by atoms with Gasteiger partial charge in [0.15, 0.2) is 4.73 Å². The van der Waals surface area contributed by atoms with Gasteiger partial charge in [-0.2, -0.15) is 4.98 Å². The fourth-order valence-corrected chi connectivity index (χ4v) is 2.35. The van der Waals surface area contributed by atoms with E-state index >= 15 is 0 Å². The van der Waals surface area contributed by atoms with Gasteiger partial charge < -0.3 is 5.11 Å². The molecule has 0 fully saturated rings. The normalized spacial score (nSPS) is 12.7. The second-order valence-corrected chi connectivity index (χ2v) is 4.68. The van der Waals surface area contributed by atoms with Gasteiger partial charge in [-0.25, -0.2) is 4.68 Å². The van der Waals surface area contributed by atoms with Crippen LogP contribution in [0.2, 0.25) is 0 Å². The highest BCUT2D eigenvalue weighted by atomic mass is 79.9.